The molecule has 0 radical (unpaired) electrons. The number of benzene rings is 1. The summed E-state index contributed by atoms with van der Waals surface area (Å²) in [5, 5.41) is 8.90. The quantitative estimate of drug-likeness (QED) is 0.815. The van der Waals surface area contributed by atoms with Gasteiger partial charge in [0.25, 0.3) is 0 Å². The van der Waals surface area contributed by atoms with Crippen molar-refractivity contribution in [3.05, 3.63) is 34.9 Å². The number of halogens is 3. The fraction of sp³-hybridized carbons (Fsp3) is 0.571. The van der Waals surface area contributed by atoms with E-state index in [1.54, 1.807) is 21.9 Å². The Balaban J connectivity index is 1.28. The second-order valence-electron chi connectivity index (χ2n) is 8.94. The molecule has 160 valence electrons. The van der Waals surface area contributed by atoms with E-state index in [0.717, 1.165) is 18.9 Å². The summed E-state index contributed by atoms with van der Waals surface area (Å²) in [5.74, 6) is -0.364. The summed E-state index contributed by atoms with van der Waals surface area (Å²) >= 11 is 0. The molecule has 2 saturated heterocycles. The molecule has 1 aliphatic carbocycles. The molecule has 1 atom stereocenters. The highest BCUT2D eigenvalue weighted by Gasteiger charge is 2.54. The van der Waals surface area contributed by atoms with Crippen LogP contribution in [-0.2, 0) is 17.4 Å². The van der Waals surface area contributed by atoms with Crippen molar-refractivity contribution in [2.24, 2.45) is 23.0 Å². The Morgan fingerprint density at radius 1 is 1.23 bits per heavy atom. The molecule has 0 bridgehead atoms. The topological polar surface area (TPSA) is 90.4 Å². The van der Waals surface area contributed by atoms with Crippen molar-refractivity contribution < 1.29 is 22.8 Å². The number of hydrogen-bond acceptors (Lipinski definition) is 3. The fourth-order valence-electron chi connectivity index (χ4n) is 5.22. The molecule has 6 nitrogen and oxygen atoms in total. The molecule has 4 rings (SSSR count). The van der Waals surface area contributed by atoms with E-state index in [1.165, 1.54) is 6.07 Å². The van der Waals surface area contributed by atoms with Crippen molar-refractivity contribution in [2.75, 3.05) is 26.2 Å². The normalized spacial score (nSPS) is 23.1. The maximum absolute atomic E-state index is 13.1. The minimum absolute atomic E-state index is 0.0604. The smallest absolute Gasteiger partial charge is 0.369 e. The summed E-state index contributed by atoms with van der Waals surface area (Å²) in [5.41, 5.74) is 4.74. The van der Waals surface area contributed by atoms with E-state index in [0.29, 0.717) is 44.6 Å². The van der Waals surface area contributed by atoms with Crippen molar-refractivity contribution >= 4 is 11.9 Å². The first-order valence-corrected chi connectivity index (χ1v) is 10.0. The molecule has 1 spiro atoms. The highest BCUT2D eigenvalue weighted by molar-refractivity contribution is 5.80. The molecular weight excluding hydrogens is 397 g/mol. The van der Waals surface area contributed by atoms with Gasteiger partial charge in [0, 0.05) is 31.6 Å². The summed E-state index contributed by atoms with van der Waals surface area (Å²) < 4.78 is 39.4. The molecule has 2 N–H and O–H groups in total. The van der Waals surface area contributed by atoms with Crippen LogP contribution in [-0.4, -0.2) is 47.9 Å². The number of nitriles is 1. The zero-order valence-electron chi connectivity index (χ0n) is 16.4. The summed E-state index contributed by atoms with van der Waals surface area (Å²) in [7, 11) is 0. The van der Waals surface area contributed by atoms with Crippen LogP contribution in [0, 0.1) is 28.6 Å². The molecule has 1 aromatic carbocycles. The SMILES string of the molecule is N#Cc1ccc(CC2CC3(C2)CN(C(=O)N2CC[C@H](C(N)=O)C2)C3)cc1C(F)(F)F. The van der Waals surface area contributed by atoms with Gasteiger partial charge in [-0.15, -0.1) is 0 Å². The van der Waals surface area contributed by atoms with E-state index in [4.69, 9.17) is 11.0 Å². The van der Waals surface area contributed by atoms with E-state index < -0.39 is 11.7 Å². The Hall–Kier alpha value is -2.76. The van der Waals surface area contributed by atoms with E-state index in [-0.39, 0.29) is 34.8 Å². The van der Waals surface area contributed by atoms with E-state index >= 15 is 0 Å². The summed E-state index contributed by atoms with van der Waals surface area (Å²) in [6, 6.07) is 5.46. The third-order valence-corrected chi connectivity index (χ3v) is 6.66. The Labute approximate surface area is 172 Å². The van der Waals surface area contributed by atoms with Gasteiger partial charge in [0.05, 0.1) is 23.1 Å². The fourth-order valence-corrected chi connectivity index (χ4v) is 5.22. The summed E-state index contributed by atoms with van der Waals surface area (Å²) in [6.07, 6.45) is -1.65. The zero-order valence-corrected chi connectivity index (χ0v) is 16.4. The van der Waals surface area contributed by atoms with Crippen molar-refractivity contribution in [1.82, 2.24) is 9.80 Å². The van der Waals surface area contributed by atoms with E-state index in [1.807, 2.05) is 0 Å². The molecule has 3 aliphatic rings. The van der Waals surface area contributed by atoms with Gasteiger partial charge in [0.15, 0.2) is 0 Å². The number of urea groups is 1. The predicted octanol–water partition coefficient (Wildman–Crippen LogP) is 2.76. The number of amides is 3. The lowest BCUT2D eigenvalue weighted by Crippen LogP contribution is -2.65. The van der Waals surface area contributed by atoms with Crippen molar-refractivity contribution in [3.8, 4) is 6.07 Å². The Morgan fingerprint density at radius 2 is 1.93 bits per heavy atom. The molecule has 3 amide bonds. The number of carbonyl (C=O) groups is 2. The molecule has 9 heteroatoms. The first-order valence-electron chi connectivity index (χ1n) is 10.0. The van der Waals surface area contributed by atoms with Gasteiger partial charge >= 0.3 is 12.2 Å². The number of alkyl halides is 3. The van der Waals surface area contributed by atoms with Crippen molar-refractivity contribution in [2.45, 2.75) is 31.9 Å². The number of rotatable bonds is 3. The van der Waals surface area contributed by atoms with Crippen LogP contribution in [0.4, 0.5) is 18.0 Å². The molecule has 0 unspecified atom stereocenters. The monoisotopic (exact) mass is 420 g/mol. The molecule has 1 aromatic rings. The predicted molar refractivity (Wildman–Crippen MR) is 101 cm³/mol. The van der Waals surface area contributed by atoms with Gasteiger partial charge in [-0.2, -0.15) is 18.4 Å². The number of hydrogen-bond donors (Lipinski definition) is 1. The van der Waals surface area contributed by atoms with Gasteiger partial charge in [-0.25, -0.2) is 4.79 Å². The standard InChI is InChI=1S/C21H23F3N4O2/c22-21(23,24)17-6-13(1-2-15(17)9-25)5-14-7-20(8-14)11-28(12-20)19(30)27-4-3-16(10-27)18(26)29/h1-2,6,14,16H,3-5,7-8,10-12H2,(H2,26,29)/t16-/m0/s1. The van der Waals surface area contributed by atoms with Crippen LogP contribution in [0.5, 0.6) is 0 Å². The molecule has 2 aliphatic heterocycles. The number of likely N-dealkylation sites (tertiary alicyclic amines) is 2. The first-order chi connectivity index (χ1) is 14.1. The van der Waals surface area contributed by atoms with Crippen LogP contribution in [0.3, 0.4) is 0 Å². The minimum Gasteiger partial charge on any atom is -0.369 e. The van der Waals surface area contributed by atoms with Crippen LogP contribution >= 0.6 is 0 Å². The van der Waals surface area contributed by atoms with Gasteiger partial charge in [-0.1, -0.05) is 6.07 Å². The van der Waals surface area contributed by atoms with E-state index in [9.17, 15) is 22.8 Å². The number of primary amides is 1. The Morgan fingerprint density at radius 3 is 2.50 bits per heavy atom. The van der Waals surface area contributed by atoms with Crippen molar-refractivity contribution in [3.63, 3.8) is 0 Å². The van der Waals surface area contributed by atoms with Gasteiger partial charge in [0.2, 0.25) is 5.91 Å². The average Bonchev–Trinajstić information content (AvgIpc) is 3.11. The van der Waals surface area contributed by atoms with Crippen LogP contribution in [0.1, 0.15) is 36.0 Å². The van der Waals surface area contributed by atoms with Gasteiger partial charge in [0.1, 0.15) is 0 Å². The molecular formula is C21H23F3N4O2. The first kappa shape index (κ1) is 20.5. The molecule has 3 fully saturated rings. The van der Waals surface area contributed by atoms with Crippen molar-refractivity contribution in [1.29, 1.82) is 5.26 Å². The largest absolute Gasteiger partial charge is 0.417 e. The molecule has 2 heterocycles. The van der Waals surface area contributed by atoms with Crippen LogP contribution in [0.15, 0.2) is 18.2 Å². The minimum atomic E-state index is -4.54. The van der Waals surface area contributed by atoms with Gasteiger partial charge in [-0.05, 0) is 49.3 Å². The highest BCUT2D eigenvalue weighted by Crippen LogP contribution is 2.53. The summed E-state index contributed by atoms with van der Waals surface area (Å²) in [4.78, 5) is 27.3. The highest BCUT2D eigenvalue weighted by atomic mass is 19.4. The van der Waals surface area contributed by atoms with Gasteiger partial charge in [-0.3, -0.25) is 4.79 Å². The third-order valence-electron chi connectivity index (χ3n) is 6.66. The van der Waals surface area contributed by atoms with E-state index in [2.05, 4.69) is 0 Å². The Bertz CT molecular complexity index is 910. The number of carbonyl (C=O) groups excluding carboxylic acids is 2. The Kier molecular flexibility index (Phi) is 4.91. The zero-order chi connectivity index (χ0) is 21.7. The second kappa shape index (κ2) is 7.18. The maximum atomic E-state index is 13.1. The summed E-state index contributed by atoms with van der Waals surface area (Å²) in [6.45, 7) is 2.22. The lowest BCUT2D eigenvalue weighted by molar-refractivity contribution is -0.137. The van der Waals surface area contributed by atoms with Crippen LogP contribution < -0.4 is 5.73 Å². The second-order valence-corrected chi connectivity index (χ2v) is 8.94. The lowest BCUT2D eigenvalue weighted by Gasteiger charge is -2.59. The third kappa shape index (κ3) is 3.71. The molecule has 0 aromatic heterocycles. The van der Waals surface area contributed by atoms with Gasteiger partial charge < -0.3 is 15.5 Å². The number of nitrogens with two attached hydrogens (primary N) is 1. The van der Waals surface area contributed by atoms with Crippen LogP contribution in [0.25, 0.3) is 0 Å². The molecule has 1 saturated carbocycles. The van der Waals surface area contributed by atoms with Crippen LogP contribution in [0.2, 0.25) is 0 Å². The number of nitrogens with zero attached hydrogens (tertiary/aromatic N) is 3. The maximum Gasteiger partial charge on any atom is 0.417 e. The molecule has 30 heavy (non-hydrogen) atoms. The lowest BCUT2D eigenvalue weighted by atomic mass is 9.56. The average molecular weight is 420 g/mol.